The molecule has 0 saturated heterocycles. The maximum absolute atomic E-state index is 12.8. The molecule has 0 N–H and O–H groups in total. The van der Waals surface area contributed by atoms with Gasteiger partial charge in [-0.2, -0.15) is 0 Å². The minimum Gasteiger partial charge on any atom is -0.756 e. The number of carbonyl (C=O) groups excluding carboxylic acids is 2. The zero-order valence-electron chi connectivity index (χ0n) is 47.6. The van der Waals surface area contributed by atoms with E-state index in [1.807, 2.05) is 21.1 Å². The largest absolute Gasteiger partial charge is 0.756 e. The summed E-state index contributed by atoms with van der Waals surface area (Å²) in [6, 6.07) is 0. The Morgan fingerprint density at radius 2 is 0.792 bits per heavy atom. The summed E-state index contributed by atoms with van der Waals surface area (Å²) in [4.78, 5) is 37.7. The lowest BCUT2D eigenvalue weighted by molar-refractivity contribution is -0.870. The fraction of sp³-hybridized carbons (Fsp3) is 0.806. The summed E-state index contributed by atoms with van der Waals surface area (Å²) < 4.78 is 34.1. The molecule has 0 aliphatic rings. The highest BCUT2D eigenvalue weighted by Crippen LogP contribution is 2.38. The van der Waals surface area contributed by atoms with Gasteiger partial charge in [0.25, 0.3) is 7.82 Å². The molecule has 9 nitrogen and oxygen atoms in total. The van der Waals surface area contributed by atoms with Crippen LogP contribution in [0.4, 0.5) is 0 Å². The van der Waals surface area contributed by atoms with Gasteiger partial charge in [-0.3, -0.25) is 14.2 Å². The second-order valence-electron chi connectivity index (χ2n) is 21.3. The first kappa shape index (κ1) is 69.7. The number of phosphoric ester groups is 1. The maximum atomic E-state index is 12.8. The van der Waals surface area contributed by atoms with E-state index >= 15 is 0 Å². The van der Waals surface area contributed by atoms with E-state index in [0.717, 1.165) is 64.2 Å². The molecule has 0 radical (unpaired) electrons. The van der Waals surface area contributed by atoms with Gasteiger partial charge in [-0.15, -0.1) is 0 Å². The predicted molar refractivity (Wildman–Crippen MR) is 305 cm³/mol. The van der Waals surface area contributed by atoms with E-state index in [1.54, 1.807) is 0 Å². The van der Waals surface area contributed by atoms with E-state index < -0.39 is 26.5 Å². The van der Waals surface area contributed by atoms with Gasteiger partial charge in [0.15, 0.2) is 6.10 Å². The molecule has 0 amide bonds. The molecule has 0 bridgehead atoms. The summed E-state index contributed by atoms with van der Waals surface area (Å²) in [5.41, 5.74) is 0. The van der Waals surface area contributed by atoms with Crippen molar-refractivity contribution >= 4 is 19.8 Å². The zero-order valence-corrected chi connectivity index (χ0v) is 48.5. The SMILES string of the molecule is CC/C=C\C/C=C\C/C=C\C/C=C\C/C=C\CCCCCCCCCCCCCCCCCCCCCCCC(=O)OC(COC(=O)CCCCCCCCCCCCC)COP(=O)([O-])OCC[N+](C)(C)C. The van der Waals surface area contributed by atoms with E-state index in [-0.39, 0.29) is 32.0 Å². The third kappa shape index (κ3) is 57.0. The molecule has 0 aromatic carbocycles. The average molecular weight is 1030 g/mol. The highest BCUT2D eigenvalue weighted by molar-refractivity contribution is 7.45. The van der Waals surface area contributed by atoms with Crippen LogP contribution in [-0.2, 0) is 32.7 Å². The van der Waals surface area contributed by atoms with E-state index in [9.17, 15) is 19.0 Å². The molecule has 0 aromatic heterocycles. The molecule has 0 aromatic rings. The van der Waals surface area contributed by atoms with E-state index in [4.69, 9.17) is 18.5 Å². The lowest BCUT2D eigenvalue weighted by Gasteiger charge is -2.28. The van der Waals surface area contributed by atoms with Crippen molar-refractivity contribution in [2.24, 2.45) is 0 Å². The van der Waals surface area contributed by atoms with Crippen molar-refractivity contribution in [2.45, 2.75) is 277 Å². The highest BCUT2D eigenvalue weighted by atomic mass is 31.2. The van der Waals surface area contributed by atoms with Crippen LogP contribution in [0.2, 0.25) is 0 Å². The molecule has 0 aliphatic carbocycles. The zero-order chi connectivity index (χ0) is 52.7. The van der Waals surface area contributed by atoms with Crippen LogP contribution >= 0.6 is 7.82 Å². The Morgan fingerprint density at radius 3 is 1.18 bits per heavy atom. The van der Waals surface area contributed by atoms with Crippen LogP contribution in [0.5, 0.6) is 0 Å². The van der Waals surface area contributed by atoms with Crippen LogP contribution < -0.4 is 4.89 Å². The maximum Gasteiger partial charge on any atom is 0.306 e. The van der Waals surface area contributed by atoms with Crippen molar-refractivity contribution in [2.75, 3.05) is 47.5 Å². The first-order chi connectivity index (χ1) is 35.0. The lowest BCUT2D eigenvalue weighted by Crippen LogP contribution is -2.37. The highest BCUT2D eigenvalue weighted by Gasteiger charge is 2.22. The monoisotopic (exact) mass is 1030 g/mol. The first-order valence-electron chi connectivity index (χ1n) is 30.0. The molecule has 2 unspecified atom stereocenters. The van der Waals surface area contributed by atoms with E-state index in [0.29, 0.717) is 17.4 Å². The predicted octanol–water partition coefficient (Wildman–Crippen LogP) is 18.1. The van der Waals surface area contributed by atoms with Crippen molar-refractivity contribution in [3.8, 4) is 0 Å². The Morgan fingerprint density at radius 1 is 0.444 bits per heavy atom. The van der Waals surface area contributed by atoms with Gasteiger partial charge in [0.1, 0.15) is 19.8 Å². The standard InChI is InChI=1S/C62H114NO8P/c1-6-8-10-12-14-16-18-19-20-21-22-23-24-25-26-27-28-29-30-31-32-33-34-35-36-37-38-39-40-41-42-43-45-47-49-51-53-55-62(65)71-60(59-70-72(66,67)69-57-56-63(3,4)5)58-68-61(64)54-52-50-48-46-44-17-15-13-11-9-7-2/h8,10,14,16,19-20,22-23,25-26,60H,6-7,9,11-13,15,17-18,21,24,27-59H2,1-5H3/b10-8-,16-14-,20-19-,23-22-,26-25-. The van der Waals surface area contributed by atoms with Gasteiger partial charge >= 0.3 is 11.9 Å². The van der Waals surface area contributed by atoms with Gasteiger partial charge in [-0.05, 0) is 57.8 Å². The van der Waals surface area contributed by atoms with E-state index in [1.165, 1.54) is 173 Å². The number of likely N-dealkylation sites (N-methyl/N-ethyl adjacent to an activating group) is 1. The third-order valence-electron chi connectivity index (χ3n) is 13.1. The van der Waals surface area contributed by atoms with Crippen LogP contribution in [0, 0.1) is 0 Å². The molecule has 0 aliphatic heterocycles. The number of carbonyl (C=O) groups is 2. The first-order valence-corrected chi connectivity index (χ1v) is 31.5. The molecule has 2 atom stereocenters. The van der Waals surface area contributed by atoms with E-state index in [2.05, 4.69) is 74.6 Å². The Bertz CT molecular complexity index is 1400. The Hall–Kier alpha value is -2.29. The minimum absolute atomic E-state index is 0.0289. The Labute approximate surface area is 445 Å². The van der Waals surface area contributed by atoms with Crippen molar-refractivity contribution < 1.29 is 42.1 Å². The van der Waals surface area contributed by atoms with Crippen LogP contribution in [-0.4, -0.2) is 70.0 Å². The van der Waals surface area contributed by atoms with Crippen LogP contribution in [0.1, 0.15) is 271 Å². The quantitative estimate of drug-likeness (QED) is 0.0195. The average Bonchev–Trinajstić information content (AvgIpc) is 3.34. The van der Waals surface area contributed by atoms with Crippen molar-refractivity contribution in [3.05, 3.63) is 60.8 Å². The number of hydrogen-bond acceptors (Lipinski definition) is 8. The van der Waals surface area contributed by atoms with Gasteiger partial charge < -0.3 is 27.9 Å². The van der Waals surface area contributed by atoms with Crippen molar-refractivity contribution in [1.82, 2.24) is 0 Å². The summed E-state index contributed by atoms with van der Waals surface area (Å²) in [6.45, 7) is 4.14. The number of hydrogen-bond donors (Lipinski definition) is 0. The number of quaternary nitrogens is 1. The molecular weight excluding hydrogens is 918 g/mol. The summed E-state index contributed by atoms with van der Waals surface area (Å²) in [6.07, 6.45) is 68.7. The Balaban J connectivity index is 3.91. The van der Waals surface area contributed by atoms with Crippen LogP contribution in [0.15, 0.2) is 60.8 Å². The smallest absolute Gasteiger partial charge is 0.306 e. The number of unbranched alkanes of at least 4 members (excludes halogenated alkanes) is 31. The number of allylic oxidation sites excluding steroid dienone is 10. The second kappa shape index (κ2) is 53.5. The molecule has 0 saturated carbocycles. The third-order valence-corrected chi connectivity index (χ3v) is 14.0. The van der Waals surface area contributed by atoms with Crippen molar-refractivity contribution in [1.29, 1.82) is 0 Å². The Kier molecular flexibility index (Phi) is 51.8. The summed E-state index contributed by atoms with van der Waals surface area (Å²) in [5, 5.41) is 0. The van der Waals surface area contributed by atoms with Gasteiger partial charge in [0.2, 0.25) is 0 Å². The number of ether oxygens (including phenoxy) is 2. The van der Waals surface area contributed by atoms with Crippen LogP contribution in [0.3, 0.4) is 0 Å². The summed E-state index contributed by atoms with van der Waals surface area (Å²) in [7, 11) is 1.18. The summed E-state index contributed by atoms with van der Waals surface area (Å²) in [5.74, 6) is -0.823. The fourth-order valence-corrected chi connectivity index (χ4v) is 9.18. The van der Waals surface area contributed by atoms with Crippen LogP contribution in [0.25, 0.3) is 0 Å². The fourth-order valence-electron chi connectivity index (χ4n) is 8.45. The number of rotatable bonds is 55. The molecular formula is C62H114NO8P. The number of nitrogens with zero attached hydrogens (tertiary/aromatic N) is 1. The van der Waals surface area contributed by atoms with Crippen molar-refractivity contribution in [3.63, 3.8) is 0 Å². The van der Waals surface area contributed by atoms with Gasteiger partial charge in [0, 0.05) is 12.8 Å². The topological polar surface area (TPSA) is 111 Å². The minimum atomic E-state index is -4.63. The molecule has 0 spiro atoms. The lowest BCUT2D eigenvalue weighted by atomic mass is 10.0. The molecule has 10 heteroatoms. The second-order valence-corrected chi connectivity index (χ2v) is 22.8. The molecule has 0 fully saturated rings. The normalized spacial score (nSPS) is 13.7. The molecule has 0 rings (SSSR count). The number of phosphoric acid groups is 1. The summed E-state index contributed by atoms with van der Waals surface area (Å²) >= 11 is 0. The van der Waals surface area contributed by atoms with Gasteiger partial charge in [-0.25, -0.2) is 0 Å². The molecule has 420 valence electrons. The number of esters is 2. The van der Waals surface area contributed by atoms with Gasteiger partial charge in [0.05, 0.1) is 27.7 Å². The van der Waals surface area contributed by atoms with Gasteiger partial charge in [-0.1, -0.05) is 261 Å². The molecule has 72 heavy (non-hydrogen) atoms. The molecule has 0 heterocycles.